The van der Waals surface area contributed by atoms with Crippen molar-refractivity contribution in [3.8, 4) is 0 Å². The van der Waals surface area contributed by atoms with Crippen LogP contribution in [0.2, 0.25) is 0 Å². The van der Waals surface area contributed by atoms with Crippen LogP contribution in [0.25, 0.3) is 0 Å². The second-order valence-corrected chi connectivity index (χ2v) is 6.76. The van der Waals surface area contributed by atoms with Gasteiger partial charge in [-0.25, -0.2) is 9.48 Å². The minimum atomic E-state index is -0.703. The van der Waals surface area contributed by atoms with Crippen molar-refractivity contribution in [2.75, 3.05) is 0 Å². The third kappa shape index (κ3) is 2.94. The lowest BCUT2D eigenvalue weighted by atomic mass is 9.77. The van der Waals surface area contributed by atoms with Gasteiger partial charge in [0.1, 0.15) is 5.54 Å². The van der Waals surface area contributed by atoms with E-state index in [1.807, 2.05) is 0 Å². The maximum absolute atomic E-state index is 12.8. The Kier molecular flexibility index (Phi) is 4.32. The fourth-order valence-corrected chi connectivity index (χ4v) is 3.37. The Bertz CT molecular complexity index is 591. The summed E-state index contributed by atoms with van der Waals surface area (Å²) in [4.78, 5) is 26.4. The molecule has 8 nitrogen and oxygen atoms in total. The standard InChI is InChI=1S/C15H24N6O2/c1-3-4-9-21-12(17-18-19-21)10-20-13(22)15(16-14(20)23)7-5-11(2)6-8-15/h11H,3-10H2,1-2H3,(H,16,23). The first-order valence-corrected chi connectivity index (χ1v) is 8.45. The van der Waals surface area contributed by atoms with Gasteiger partial charge in [0.05, 0.1) is 6.54 Å². The lowest BCUT2D eigenvalue weighted by Gasteiger charge is -2.33. The third-order valence-electron chi connectivity index (χ3n) is 5.00. The van der Waals surface area contributed by atoms with Crippen molar-refractivity contribution in [1.29, 1.82) is 0 Å². The lowest BCUT2D eigenvalue weighted by molar-refractivity contribution is -0.133. The zero-order valence-electron chi connectivity index (χ0n) is 13.8. The highest BCUT2D eigenvalue weighted by Crippen LogP contribution is 2.36. The van der Waals surface area contributed by atoms with Crippen LogP contribution in [0.3, 0.4) is 0 Å². The zero-order valence-corrected chi connectivity index (χ0v) is 13.8. The molecule has 1 aromatic heterocycles. The molecule has 3 amide bonds. The number of hydrogen-bond donors (Lipinski definition) is 1. The maximum Gasteiger partial charge on any atom is 0.325 e. The molecule has 1 aliphatic carbocycles. The highest BCUT2D eigenvalue weighted by Gasteiger charge is 2.52. The van der Waals surface area contributed by atoms with Gasteiger partial charge < -0.3 is 5.32 Å². The molecule has 2 heterocycles. The first kappa shape index (κ1) is 15.9. The van der Waals surface area contributed by atoms with Crippen LogP contribution in [0.15, 0.2) is 0 Å². The van der Waals surface area contributed by atoms with Gasteiger partial charge in [0.25, 0.3) is 5.91 Å². The van der Waals surface area contributed by atoms with Crippen LogP contribution in [-0.4, -0.2) is 42.6 Å². The second kappa shape index (κ2) is 6.25. The summed E-state index contributed by atoms with van der Waals surface area (Å²) in [6.45, 7) is 5.12. The van der Waals surface area contributed by atoms with Gasteiger partial charge in [-0.3, -0.25) is 9.69 Å². The van der Waals surface area contributed by atoms with Gasteiger partial charge in [0.2, 0.25) is 0 Å². The van der Waals surface area contributed by atoms with Crippen molar-refractivity contribution in [3.05, 3.63) is 5.82 Å². The number of imide groups is 1. The summed E-state index contributed by atoms with van der Waals surface area (Å²) in [6, 6.07) is -0.324. The van der Waals surface area contributed by atoms with Crippen molar-refractivity contribution in [2.24, 2.45) is 5.92 Å². The Labute approximate surface area is 135 Å². The van der Waals surface area contributed by atoms with E-state index >= 15 is 0 Å². The quantitative estimate of drug-likeness (QED) is 0.829. The minimum Gasteiger partial charge on any atom is -0.323 e. The number of nitrogens with one attached hydrogen (secondary N) is 1. The van der Waals surface area contributed by atoms with E-state index < -0.39 is 5.54 Å². The SMILES string of the molecule is CCCCn1nnnc1CN1C(=O)NC2(CCC(C)CC2)C1=O. The number of aryl methyl sites for hydroxylation is 1. The summed E-state index contributed by atoms with van der Waals surface area (Å²) in [5.74, 6) is 1.04. The number of carbonyl (C=O) groups is 2. The molecule has 2 aliphatic rings. The summed E-state index contributed by atoms with van der Waals surface area (Å²) in [6.07, 6.45) is 5.36. The van der Waals surface area contributed by atoms with Crippen molar-refractivity contribution in [3.63, 3.8) is 0 Å². The second-order valence-electron chi connectivity index (χ2n) is 6.76. The van der Waals surface area contributed by atoms with Crippen LogP contribution in [0.5, 0.6) is 0 Å². The molecule has 1 saturated heterocycles. The first-order chi connectivity index (χ1) is 11.1. The Balaban J connectivity index is 1.73. The number of nitrogens with zero attached hydrogens (tertiary/aromatic N) is 5. The molecule has 0 bridgehead atoms. The fourth-order valence-electron chi connectivity index (χ4n) is 3.37. The number of aromatic nitrogens is 4. The van der Waals surface area contributed by atoms with E-state index in [-0.39, 0.29) is 18.5 Å². The maximum atomic E-state index is 12.8. The fraction of sp³-hybridized carbons (Fsp3) is 0.800. The molecule has 1 aliphatic heterocycles. The predicted molar refractivity (Wildman–Crippen MR) is 82.2 cm³/mol. The van der Waals surface area contributed by atoms with Crippen LogP contribution in [0.1, 0.15) is 58.2 Å². The molecule has 23 heavy (non-hydrogen) atoms. The van der Waals surface area contributed by atoms with Gasteiger partial charge >= 0.3 is 6.03 Å². The highest BCUT2D eigenvalue weighted by molar-refractivity contribution is 6.06. The summed E-state index contributed by atoms with van der Waals surface area (Å²) in [5.41, 5.74) is -0.703. The first-order valence-electron chi connectivity index (χ1n) is 8.45. The molecule has 2 fully saturated rings. The summed E-state index contributed by atoms with van der Waals surface area (Å²) < 4.78 is 1.68. The molecule has 126 valence electrons. The van der Waals surface area contributed by atoms with E-state index in [0.717, 1.165) is 38.5 Å². The Morgan fingerprint density at radius 3 is 2.74 bits per heavy atom. The molecule has 0 atom stereocenters. The van der Waals surface area contributed by atoms with E-state index in [1.54, 1.807) is 4.68 Å². The van der Waals surface area contributed by atoms with Crippen LogP contribution >= 0.6 is 0 Å². The van der Waals surface area contributed by atoms with E-state index in [2.05, 4.69) is 34.7 Å². The number of amides is 3. The van der Waals surface area contributed by atoms with E-state index in [0.29, 0.717) is 18.3 Å². The third-order valence-corrected chi connectivity index (χ3v) is 5.00. The molecule has 8 heteroatoms. The average Bonchev–Trinajstić information content (AvgIpc) is 3.07. The molecule has 1 saturated carbocycles. The van der Waals surface area contributed by atoms with E-state index in [9.17, 15) is 9.59 Å². The Morgan fingerprint density at radius 1 is 1.30 bits per heavy atom. The van der Waals surface area contributed by atoms with Gasteiger partial charge in [-0.05, 0) is 48.4 Å². The molecular weight excluding hydrogens is 296 g/mol. The number of urea groups is 1. The van der Waals surface area contributed by atoms with Crippen molar-refractivity contribution in [2.45, 2.75) is 71.0 Å². The van der Waals surface area contributed by atoms with Crippen molar-refractivity contribution in [1.82, 2.24) is 30.4 Å². The molecule has 1 spiro atoms. The van der Waals surface area contributed by atoms with Gasteiger partial charge in [-0.15, -0.1) is 5.10 Å². The van der Waals surface area contributed by atoms with E-state index in [1.165, 1.54) is 4.90 Å². The molecule has 1 N–H and O–H groups in total. The van der Waals surface area contributed by atoms with E-state index in [4.69, 9.17) is 0 Å². The van der Waals surface area contributed by atoms with Crippen LogP contribution < -0.4 is 5.32 Å². The zero-order chi connectivity index (χ0) is 16.4. The number of tetrazole rings is 1. The number of carbonyl (C=O) groups excluding carboxylic acids is 2. The molecule has 3 rings (SSSR count). The van der Waals surface area contributed by atoms with Gasteiger partial charge in [0, 0.05) is 6.54 Å². The van der Waals surface area contributed by atoms with Gasteiger partial charge in [0.15, 0.2) is 5.82 Å². The van der Waals surface area contributed by atoms with Crippen molar-refractivity contribution >= 4 is 11.9 Å². The summed E-state index contributed by atoms with van der Waals surface area (Å²) in [7, 11) is 0. The Morgan fingerprint density at radius 2 is 2.04 bits per heavy atom. The van der Waals surface area contributed by atoms with Crippen LogP contribution in [0, 0.1) is 5.92 Å². The normalized spacial score (nSPS) is 27.7. The molecule has 0 radical (unpaired) electrons. The molecule has 0 unspecified atom stereocenters. The number of rotatable bonds is 5. The Hall–Kier alpha value is -1.99. The van der Waals surface area contributed by atoms with Crippen LogP contribution in [0.4, 0.5) is 4.79 Å². The largest absolute Gasteiger partial charge is 0.325 e. The van der Waals surface area contributed by atoms with Gasteiger partial charge in [-0.2, -0.15) is 0 Å². The lowest BCUT2D eigenvalue weighted by Crippen LogP contribution is -2.49. The monoisotopic (exact) mass is 320 g/mol. The average molecular weight is 320 g/mol. The minimum absolute atomic E-state index is 0.126. The topological polar surface area (TPSA) is 93.0 Å². The van der Waals surface area contributed by atoms with Crippen LogP contribution in [-0.2, 0) is 17.9 Å². The number of hydrogen-bond acceptors (Lipinski definition) is 5. The highest BCUT2D eigenvalue weighted by atomic mass is 16.2. The van der Waals surface area contributed by atoms with Gasteiger partial charge in [-0.1, -0.05) is 20.3 Å². The summed E-state index contributed by atoms with van der Waals surface area (Å²) >= 11 is 0. The smallest absolute Gasteiger partial charge is 0.323 e. The summed E-state index contributed by atoms with van der Waals surface area (Å²) in [5, 5.41) is 14.5. The number of unbranched alkanes of at least 4 members (excludes halogenated alkanes) is 1. The predicted octanol–water partition coefficient (Wildman–Crippen LogP) is 1.47. The molecule has 1 aromatic rings. The molecular formula is C15H24N6O2. The van der Waals surface area contributed by atoms with Crippen molar-refractivity contribution < 1.29 is 9.59 Å². The molecule has 0 aromatic carbocycles.